The van der Waals surface area contributed by atoms with Gasteiger partial charge in [-0.3, -0.25) is 4.79 Å². The van der Waals surface area contributed by atoms with Gasteiger partial charge in [0, 0.05) is 37.2 Å². The van der Waals surface area contributed by atoms with Crippen LogP contribution in [0, 0.1) is 6.92 Å². The van der Waals surface area contributed by atoms with Crippen LogP contribution in [0.2, 0.25) is 0 Å². The van der Waals surface area contributed by atoms with Crippen LogP contribution in [0.5, 0.6) is 0 Å². The maximum atomic E-state index is 12.5. The van der Waals surface area contributed by atoms with Crippen molar-refractivity contribution in [3.63, 3.8) is 0 Å². The molecule has 0 saturated carbocycles. The lowest BCUT2D eigenvalue weighted by Crippen LogP contribution is -2.32. The van der Waals surface area contributed by atoms with E-state index in [1.807, 2.05) is 17.0 Å². The van der Waals surface area contributed by atoms with E-state index >= 15 is 0 Å². The molecule has 0 aliphatic heterocycles. The van der Waals surface area contributed by atoms with E-state index in [4.69, 9.17) is 4.98 Å². The van der Waals surface area contributed by atoms with Gasteiger partial charge in [0.15, 0.2) is 5.65 Å². The predicted octanol–water partition coefficient (Wildman–Crippen LogP) is 5.86. The van der Waals surface area contributed by atoms with Crippen molar-refractivity contribution in [1.82, 2.24) is 24.6 Å². The summed E-state index contributed by atoms with van der Waals surface area (Å²) in [7, 11) is 0. The molecular formula is C27H33N5OS. The van der Waals surface area contributed by atoms with Crippen molar-refractivity contribution in [2.45, 2.75) is 58.2 Å². The van der Waals surface area contributed by atoms with E-state index in [2.05, 4.69) is 71.9 Å². The summed E-state index contributed by atoms with van der Waals surface area (Å²) in [6.45, 7) is 8.74. The number of para-hydroxylation sites is 1. The van der Waals surface area contributed by atoms with Crippen LogP contribution in [0.3, 0.4) is 0 Å². The molecule has 0 radical (unpaired) electrons. The van der Waals surface area contributed by atoms with Crippen molar-refractivity contribution in [2.75, 3.05) is 18.8 Å². The average Bonchev–Trinajstić information content (AvgIpc) is 3.16. The molecule has 0 aliphatic rings. The third-order valence-corrected chi connectivity index (χ3v) is 6.85. The van der Waals surface area contributed by atoms with Crippen LogP contribution >= 0.6 is 11.8 Å². The Morgan fingerprint density at radius 3 is 2.47 bits per heavy atom. The van der Waals surface area contributed by atoms with E-state index in [0.29, 0.717) is 11.6 Å². The number of hydrogen-bond acceptors (Lipinski definition) is 5. The summed E-state index contributed by atoms with van der Waals surface area (Å²) in [6.07, 6.45) is 3.37. The number of benzene rings is 2. The number of rotatable bonds is 11. The van der Waals surface area contributed by atoms with E-state index in [-0.39, 0.29) is 5.91 Å². The van der Waals surface area contributed by atoms with Crippen molar-refractivity contribution < 1.29 is 4.79 Å². The number of amides is 1. The molecule has 0 N–H and O–H groups in total. The SMILES string of the molecule is CCCN(CCC)C(=O)CCCSc1nnc2c3ccccc3n(Cc3ccc(C)cc3)c2n1. The fourth-order valence-electron chi connectivity index (χ4n) is 4.23. The topological polar surface area (TPSA) is 63.9 Å². The molecule has 0 spiro atoms. The van der Waals surface area contributed by atoms with Gasteiger partial charge in [0.25, 0.3) is 0 Å². The lowest BCUT2D eigenvalue weighted by molar-refractivity contribution is -0.131. The molecule has 7 heteroatoms. The molecule has 6 nitrogen and oxygen atoms in total. The van der Waals surface area contributed by atoms with Crippen LogP contribution in [0.15, 0.2) is 53.7 Å². The minimum Gasteiger partial charge on any atom is -0.343 e. The summed E-state index contributed by atoms with van der Waals surface area (Å²) in [6, 6.07) is 16.9. The van der Waals surface area contributed by atoms with Crippen molar-refractivity contribution in [3.8, 4) is 0 Å². The summed E-state index contributed by atoms with van der Waals surface area (Å²) in [5.74, 6) is 1.04. The second-order valence-corrected chi connectivity index (χ2v) is 9.75. The quantitative estimate of drug-likeness (QED) is 0.201. The van der Waals surface area contributed by atoms with Crippen LogP contribution in [0.25, 0.3) is 22.1 Å². The molecule has 0 aliphatic carbocycles. The van der Waals surface area contributed by atoms with E-state index in [0.717, 1.165) is 66.7 Å². The number of aromatic nitrogens is 4. The number of carbonyl (C=O) groups excluding carboxylic acids is 1. The minimum absolute atomic E-state index is 0.247. The zero-order valence-corrected chi connectivity index (χ0v) is 21.1. The van der Waals surface area contributed by atoms with Gasteiger partial charge in [-0.25, -0.2) is 4.98 Å². The van der Waals surface area contributed by atoms with E-state index in [1.54, 1.807) is 11.8 Å². The highest BCUT2D eigenvalue weighted by atomic mass is 32.2. The Morgan fingerprint density at radius 1 is 1.00 bits per heavy atom. The number of fused-ring (bicyclic) bond motifs is 3. The molecule has 2 aromatic heterocycles. The number of hydrogen-bond donors (Lipinski definition) is 0. The Kier molecular flexibility index (Phi) is 8.16. The molecule has 178 valence electrons. The number of aryl methyl sites for hydroxylation is 1. The van der Waals surface area contributed by atoms with Crippen LogP contribution < -0.4 is 0 Å². The van der Waals surface area contributed by atoms with Crippen LogP contribution in [-0.4, -0.2) is 49.4 Å². The maximum Gasteiger partial charge on any atom is 0.222 e. The zero-order valence-electron chi connectivity index (χ0n) is 20.3. The standard InChI is InChI=1S/C27H33N5OS/c1-4-16-31(17-5-2)24(33)11-8-18-34-27-28-26-25(29-30-27)22-9-6-7-10-23(22)32(26)19-21-14-12-20(3)13-15-21/h6-7,9-10,12-15H,4-5,8,11,16-19H2,1-3H3. The van der Waals surface area contributed by atoms with Gasteiger partial charge in [-0.2, -0.15) is 0 Å². The van der Waals surface area contributed by atoms with Crippen molar-refractivity contribution in [1.29, 1.82) is 0 Å². The first-order valence-corrected chi connectivity index (χ1v) is 13.2. The molecule has 34 heavy (non-hydrogen) atoms. The highest BCUT2D eigenvalue weighted by Crippen LogP contribution is 2.28. The smallest absolute Gasteiger partial charge is 0.222 e. The van der Waals surface area contributed by atoms with Gasteiger partial charge in [0.2, 0.25) is 11.1 Å². The third kappa shape index (κ3) is 5.58. The Labute approximate surface area is 205 Å². The van der Waals surface area contributed by atoms with Crippen molar-refractivity contribution in [2.24, 2.45) is 0 Å². The first-order chi connectivity index (χ1) is 16.6. The van der Waals surface area contributed by atoms with Gasteiger partial charge in [0.05, 0.1) is 5.52 Å². The summed E-state index contributed by atoms with van der Waals surface area (Å²) in [4.78, 5) is 19.4. The van der Waals surface area contributed by atoms with Gasteiger partial charge in [-0.15, -0.1) is 10.2 Å². The lowest BCUT2D eigenvalue weighted by atomic mass is 10.1. The van der Waals surface area contributed by atoms with Crippen molar-refractivity contribution in [3.05, 3.63) is 59.7 Å². The van der Waals surface area contributed by atoms with Crippen LogP contribution in [0.4, 0.5) is 0 Å². The summed E-state index contributed by atoms with van der Waals surface area (Å²) in [5.41, 5.74) is 5.27. The molecule has 4 rings (SSSR count). The van der Waals surface area contributed by atoms with Crippen molar-refractivity contribution >= 4 is 39.7 Å². The first kappa shape index (κ1) is 24.2. The van der Waals surface area contributed by atoms with Gasteiger partial charge >= 0.3 is 0 Å². The maximum absolute atomic E-state index is 12.5. The Hall–Kier alpha value is -2.93. The Morgan fingerprint density at radius 2 is 1.74 bits per heavy atom. The molecule has 1 amide bonds. The summed E-state index contributed by atoms with van der Waals surface area (Å²) >= 11 is 1.57. The molecule has 2 heterocycles. The second kappa shape index (κ2) is 11.5. The number of nitrogens with zero attached hydrogens (tertiary/aromatic N) is 5. The van der Waals surface area contributed by atoms with Gasteiger partial charge < -0.3 is 9.47 Å². The molecular weight excluding hydrogens is 442 g/mol. The molecule has 0 unspecified atom stereocenters. The van der Waals surface area contributed by atoms with Gasteiger partial charge in [0.1, 0.15) is 5.52 Å². The highest BCUT2D eigenvalue weighted by molar-refractivity contribution is 7.99. The lowest BCUT2D eigenvalue weighted by Gasteiger charge is -2.21. The predicted molar refractivity (Wildman–Crippen MR) is 140 cm³/mol. The molecule has 0 fully saturated rings. The first-order valence-electron chi connectivity index (χ1n) is 12.2. The number of thioether (sulfide) groups is 1. The summed E-state index contributed by atoms with van der Waals surface area (Å²) < 4.78 is 2.23. The molecule has 0 atom stereocenters. The average molecular weight is 476 g/mol. The minimum atomic E-state index is 0.247. The normalized spacial score (nSPS) is 11.4. The largest absolute Gasteiger partial charge is 0.343 e. The molecule has 0 bridgehead atoms. The fourth-order valence-corrected chi connectivity index (χ4v) is 4.95. The molecule has 4 aromatic rings. The summed E-state index contributed by atoms with van der Waals surface area (Å²) in [5, 5.41) is 10.7. The molecule has 0 saturated heterocycles. The van der Waals surface area contributed by atoms with E-state index < -0.39 is 0 Å². The van der Waals surface area contributed by atoms with Crippen LogP contribution in [-0.2, 0) is 11.3 Å². The monoisotopic (exact) mass is 475 g/mol. The Balaban J connectivity index is 1.50. The molecule has 2 aromatic carbocycles. The second-order valence-electron chi connectivity index (χ2n) is 8.69. The van der Waals surface area contributed by atoms with E-state index in [1.165, 1.54) is 11.1 Å². The third-order valence-electron chi connectivity index (χ3n) is 5.92. The Bertz CT molecular complexity index is 1250. The fraction of sp³-hybridized carbons (Fsp3) is 0.407. The highest BCUT2D eigenvalue weighted by Gasteiger charge is 2.16. The van der Waals surface area contributed by atoms with Crippen LogP contribution in [0.1, 0.15) is 50.7 Å². The van der Waals surface area contributed by atoms with Gasteiger partial charge in [-0.05, 0) is 37.8 Å². The van der Waals surface area contributed by atoms with E-state index in [9.17, 15) is 4.79 Å². The van der Waals surface area contributed by atoms with Gasteiger partial charge in [-0.1, -0.05) is 73.6 Å². The zero-order chi connectivity index (χ0) is 23.9. The number of carbonyl (C=O) groups is 1.